The van der Waals surface area contributed by atoms with Gasteiger partial charge in [0.05, 0.1) is 10.4 Å². The number of nitrogens with zero attached hydrogens (tertiary/aromatic N) is 6. The molecule has 0 bridgehead atoms. The van der Waals surface area contributed by atoms with Gasteiger partial charge in [-0.25, -0.2) is 4.98 Å². The molecule has 6 rings (SSSR count). The van der Waals surface area contributed by atoms with Gasteiger partial charge in [-0.3, -0.25) is 14.5 Å². The lowest BCUT2D eigenvalue weighted by atomic mass is 9.72. The lowest BCUT2D eigenvalue weighted by molar-refractivity contribution is -0.126. The van der Waals surface area contributed by atoms with Gasteiger partial charge in [-0.1, -0.05) is 6.58 Å². The molecule has 0 aromatic carbocycles. The highest BCUT2D eigenvalue weighted by molar-refractivity contribution is 7.16. The molecule has 1 atom stereocenters. The summed E-state index contributed by atoms with van der Waals surface area (Å²) >= 11 is 1.59. The number of hydrogen-bond donors (Lipinski definition) is 2. The number of aromatic nitrogens is 1. The van der Waals surface area contributed by atoms with Gasteiger partial charge in [-0.15, -0.1) is 11.3 Å². The molecule has 1 unspecified atom stereocenters. The Bertz CT molecular complexity index is 1430. The summed E-state index contributed by atoms with van der Waals surface area (Å²) in [6.45, 7) is 15.2. The molecular formula is C32H44N8O2S. The Morgan fingerprint density at radius 2 is 1.81 bits per heavy atom. The Labute approximate surface area is 258 Å². The van der Waals surface area contributed by atoms with Crippen LogP contribution < -0.4 is 21.3 Å². The van der Waals surface area contributed by atoms with Crippen LogP contribution in [0.25, 0.3) is 0 Å². The minimum Gasteiger partial charge on any atom is -0.390 e. The average Bonchev–Trinajstić information content (AvgIpc) is 3.79. The fraction of sp³-hybridized carbons (Fsp3) is 0.562. The van der Waals surface area contributed by atoms with Gasteiger partial charge in [0.15, 0.2) is 5.84 Å². The van der Waals surface area contributed by atoms with Crippen LogP contribution >= 0.6 is 11.3 Å². The first-order valence-corrected chi connectivity index (χ1v) is 16.4. The monoisotopic (exact) mass is 604 g/mol. The molecule has 43 heavy (non-hydrogen) atoms. The molecule has 10 nitrogen and oxygen atoms in total. The lowest BCUT2D eigenvalue weighted by Crippen LogP contribution is -2.49. The van der Waals surface area contributed by atoms with Crippen molar-refractivity contribution in [2.45, 2.75) is 51.4 Å². The fourth-order valence-corrected chi connectivity index (χ4v) is 8.09. The maximum Gasteiger partial charge on any atom is 0.258 e. The third-order valence-electron chi connectivity index (χ3n) is 9.68. The number of aryl methyl sites for hydroxylation is 1. The first kappa shape index (κ1) is 29.6. The van der Waals surface area contributed by atoms with E-state index in [4.69, 9.17) is 16.5 Å². The van der Waals surface area contributed by atoms with E-state index in [2.05, 4.69) is 32.3 Å². The van der Waals surface area contributed by atoms with Crippen molar-refractivity contribution in [1.29, 1.82) is 0 Å². The van der Waals surface area contributed by atoms with Crippen molar-refractivity contribution in [3.05, 3.63) is 46.5 Å². The summed E-state index contributed by atoms with van der Waals surface area (Å²) < 4.78 is 0. The number of pyridine rings is 1. The van der Waals surface area contributed by atoms with Gasteiger partial charge in [-0.2, -0.15) is 4.99 Å². The van der Waals surface area contributed by atoms with E-state index in [9.17, 15) is 9.59 Å². The summed E-state index contributed by atoms with van der Waals surface area (Å²) in [5, 5.41) is 0.772. The van der Waals surface area contributed by atoms with Crippen LogP contribution in [-0.2, 0) is 21.4 Å². The Morgan fingerprint density at radius 3 is 2.49 bits per heavy atom. The van der Waals surface area contributed by atoms with Crippen molar-refractivity contribution in [2.24, 2.45) is 16.6 Å². The van der Waals surface area contributed by atoms with Crippen LogP contribution in [0, 0.1) is 12.8 Å². The number of nitrogens with two attached hydrogens (primary N) is 2. The number of nitrogen functional groups attached to an aromatic ring is 1. The van der Waals surface area contributed by atoms with E-state index in [1.807, 2.05) is 24.8 Å². The molecule has 11 heteroatoms. The zero-order valence-electron chi connectivity index (χ0n) is 25.5. The fourth-order valence-electron chi connectivity index (χ4n) is 6.84. The van der Waals surface area contributed by atoms with E-state index in [1.165, 1.54) is 30.3 Å². The third-order valence-corrected chi connectivity index (χ3v) is 10.9. The highest BCUT2D eigenvalue weighted by atomic mass is 32.1. The standard InChI is InChI=1S/C32H44N8O2S/c1-4-27(41)40-16-14-38(15-17-40)23-18-24(35-26(19-23)39-12-10-37(11-13-39)20-22-7-8-22)29(33)36-31(42)32(3)9-5-6-25-28(32)21(2)30(34)43-25/h4,18-19,22H,1,5-17,20,34H2,2-3H3,(H2,33,36,42). The first-order chi connectivity index (χ1) is 20.7. The molecule has 2 saturated heterocycles. The maximum absolute atomic E-state index is 13.9. The van der Waals surface area contributed by atoms with Crippen LogP contribution in [0.5, 0.6) is 0 Å². The summed E-state index contributed by atoms with van der Waals surface area (Å²) in [5.41, 5.74) is 15.6. The minimum atomic E-state index is -0.761. The van der Waals surface area contributed by atoms with Crippen molar-refractivity contribution in [2.75, 3.05) is 74.4 Å². The Balaban J connectivity index is 1.28. The molecule has 4 aliphatic rings. The summed E-state index contributed by atoms with van der Waals surface area (Å²) in [6, 6.07) is 4.05. The van der Waals surface area contributed by atoms with Crippen molar-refractivity contribution in [3.8, 4) is 0 Å². The van der Waals surface area contributed by atoms with Crippen LogP contribution in [-0.4, -0.2) is 91.3 Å². The smallest absolute Gasteiger partial charge is 0.258 e. The molecule has 0 radical (unpaired) electrons. The number of fused-ring (bicyclic) bond motifs is 1. The Morgan fingerprint density at radius 1 is 1.12 bits per heavy atom. The number of aliphatic imine (C=N–C) groups is 1. The number of anilines is 3. The number of amidine groups is 1. The highest BCUT2D eigenvalue weighted by Crippen LogP contribution is 2.46. The molecular weight excluding hydrogens is 560 g/mol. The van der Waals surface area contributed by atoms with E-state index in [-0.39, 0.29) is 17.6 Å². The molecule has 0 spiro atoms. The molecule has 230 valence electrons. The van der Waals surface area contributed by atoms with Crippen LogP contribution in [0.1, 0.15) is 54.3 Å². The van der Waals surface area contributed by atoms with Crippen molar-refractivity contribution in [3.63, 3.8) is 0 Å². The van der Waals surface area contributed by atoms with Crippen molar-refractivity contribution in [1.82, 2.24) is 14.8 Å². The predicted molar refractivity (Wildman–Crippen MR) is 174 cm³/mol. The first-order valence-electron chi connectivity index (χ1n) is 15.6. The summed E-state index contributed by atoms with van der Waals surface area (Å²) in [5.74, 6) is 1.57. The number of thiophene rings is 1. The molecule has 3 fully saturated rings. The minimum absolute atomic E-state index is 0.0447. The van der Waals surface area contributed by atoms with E-state index in [0.29, 0.717) is 38.3 Å². The maximum atomic E-state index is 13.9. The third kappa shape index (κ3) is 6.02. The Hall–Kier alpha value is -3.44. The van der Waals surface area contributed by atoms with Gasteiger partial charge in [0, 0.05) is 75.5 Å². The average molecular weight is 605 g/mol. The quantitative estimate of drug-likeness (QED) is 0.281. The van der Waals surface area contributed by atoms with E-state index in [0.717, 1.165) is 72.6 Å². The number of carbonyl (C=O) groups excluding carboxylic acids is 2. The molecule has 1 saturated carbocycles. The van der Waals surface area contributed by atoms with Gasteiger partial charge in [-0.05, 0) is 75.1 Å². The second-order valence-electron chi connectivity index (χ2n) is 12.7. The molecule has 4 heterocycles. The number of piperazine rings is 2. The largest absolute Gasteiger partial charge is 0.390 e. The summed E-state index contributed by atoms with van der Waals surface area (Å²) in [4.78, 5) is 45.6. The number of hydrogen-bond acceptors (Lipinski definition) is 8. The van der Waals surface area contributed by atoms with E-state index >= 15 is 0 Å². The zero-order valence-corrected chi connectivity index (χ0v) is 26.3. The Kier molecular flexibility index (Phi) is 8.21. The molecule has 4 N–H and O–H groups in total. The van der Waals surface area contributed by atoms with Gasteiger partial charge >= 0.3 is 0 Å². The molecule has 2 aromatic heterocycles. The van der Waals surface area contributed by atoms with Crippen LogP contribution in [0.2, 0.25) is 0 Å². The molecule has 2 aromatic rings. The van der Waals surface area contributed by atoms with E-state index < -0.39 is 5.41 Å². The normalized spacial score (nSPS) is 23.3. The second kappa shape index (κ2) is 11.9. The topological polar surface area (TPSA) is 124 Å². The van der Waals surface area contributed by atoms with Crippen molar-refractivity contribution < 1.29 is 9.59 Å². The molecule has 2 aliphatic carbocycles. The second-order valence-corrected chi connectivity index (χ2v) is 13.8. The van der Waals surface area contributed by atoms with Crippen LogP contribution in [0.3, 0.4) is 0 Å². The number of carbonyl (C=O) groups is 2. The predicted octanol–water partition coefficient (Wildman–Crippen LogP) is 2.93. The summed E-state index contributed by atoms with van der Waals surface area (Å²) in [7, 11) is 0. The molecule has 2 amide bonds. The van der Waals surface area contributed by atoms with E-state index in [1.54, 1.807) is 11.3 Å². The SMILES string of the molecule is C=CC(=O)N1CCN(c2cc(C(N)=NC(=O)C3(C)CCCc4sc(N)c(C)c43)nc(N3CCN(CC4CC4)CC3)c2)CC1. The molecule has 2 aliphatic heterocycles. The van der Waals surface area contributed by atoms with Crippen LogP contribution in [0.4, 0.5) is 16.5 Å². The highest BCUT2D eigenvalue weighted by Gasteiger charge is 2.42. The zero-order chi connectivity index (χ0) is 30.3. The van der Waals surface area contributed by atoms with Gasteiger partial charge in [0.2, 0.25) is 5.91 Å². The van der Waals surface area contributed by atoms with Crippen molar-refractivity contribution >= 4 is 45.5 Å². The van der Waals surface area contributed by atoms with Gasteiger partial charge in [0.1, 0.15) is 11.5 Å². The number of rotatable bonds is 7. The van der Waals surface area contributed by atoms with Gasteiger partial charge < -0.3 is 26.2 Å². The van der Waals surface area contributed by atoms with Crippen LogP contribution in [0.15, 0.2) is 29.8 Å². The van der Waals surface area contributed by atoms with Gasteiger partial charge in [0.25, 0.3) is 5.91 Å². The summed E-state index contributed by atoms with van der Waals surface area (Å²) in [6.07, 6.45) is 6.65. The lowest BCUT2D eigenvalue weighted by Gasteiger charge is -2.38. The number of amides is 2.